The molecule has 30 heavy (non-hydrogen) atoms. The molecular weight excluding hydrogens is 378 g/mol. The van der Waals surface area contributed by atoms with Crippen LogP contribution in [0.4, 0.5) is 5.69 Å². The lowest BCUT2D eigenvalue weighted by atomic mass is 10.1. The predicted molar refractivity (Wildman–Crippen MR) is 118 cm³/mol. The Morgan fingerprint density at radius 3 is 2.40 bits per heavy atom. The van der Waals surface area contributed by atoms with E-state index in [1.54, 1.807) is 24.3 Å². The number of para-hydroxylation sites is 1. The number of likely N-dealkylation sites (N-methyl/N-ethyl adjacent to an activating group) is 1. The monoisotopic (exact) mass is 403 g/mol. The number of amides is 2. The summed E-state index contributed by atoms with van der Waals surface area (Å²) < 4.78 is 5.30. The van der Waals surface area contributed by atoms with Crippen molar-refractivity contribution >= 4 is 23.6 Å². The minimum absolute atomic E-state index is 0.123. The van der Waals surface area contributed by atoms with Crippen LogP contribution in [0.3, 0.4) is 0 Å². The summed E-state index contributed by atoms with van der Waals surface area (Å²) in [5, 5.41) is 5.55. The van der Waals surface area contributed by atoms with E-state index in [2.05, 4.69) is 10.6 Å². The van der Waals surface area contributed by atoms with Gasteiger partial charge in [0.05, 0.1) is 6.26 Å². The summed E-state index contributed by atoms with van der Waals surface area (Å²) in [5.41, 5.74) is 2.71. The maximum atomic E-state index is 12.8. The first-order chi connectivity index (χ1) is 14.5. The molecule has 0 atom stereocenters. The van der Waals surface area contributed by atoms with Gasteiger partial charge < -0.3 is 20.0 Å². The van der Waals surface area contributed by atoms with Crippen LogP contribution in [0.1, 0.15) is 21.7 Å². The zero-order valence-electron chi connectivity index (χ0n) is 17.1. The number of rotatable bonds is 8. The van der Waals surface area contributed by atoms with E-state index in [-0.39, 0.29) is 17.5 Å². The first-order valence-electron chi connectivity index (χ1n) is 9.70. The van der Waals surface area contributed by atoms with E-state index in [0.717, 1.165) is 11.3 Å². The van der Waals surface area contributed by atoms with Crippen molar-refractivity contribution in [3.63, 3.8) is 0 Å². The fourth-order valence-electron chi connectivity index (χ4n) is 2.82. The second-order valence-corrected chi connectivity index (χ2v) is 6.91. The Kier molecular flexibility index (Phi) is 7.05. The molecule has 0 saturated heterocycles. The SMILES string of the molecule is Cc1ccc(C(=O)N/C(=C\c2ccco2)C(=O)NCCN(C)c2ccccc2)cc1. The van der Waals surface area contributed by atoms with Gasteiger partial charge in [-0.2, -0.15) is 0 Å². The van der Waals surface area contributed by atoms with E-state index in [4.69, 9.17) is 4.42 Å². The zero-order chi connectivity index (χ0) is 21.3. The Hall–Kier alpha value is -3.80. The third kappa shape index (κ3) is 5.85. The third-order valence-electron chi connectivity index (χ3n) is 4.57. The number of nitrogens with zero attached hydrogens (tertiary/aromatic N) is 1. The van der Waals surface area contributed by atoms with Crippen molar-refractivity contribution in [1.82, 2.24) is 10.6 Å². The van der Waals surface area contributed by atoms with E-state index in [1.807, 2.05) is 61.3 Å². The van der Waals surface area contributed by atoms with Crippen LogP contribution >= 0.6 is 0 Å². The fraction of sp³-hybridized carbons (Fsp3) is 0.167. The number of benzene rings is 2. The van der Waals surface area contributed by atoms with Crippen LogP contribution in [-0.2, 0) is 4.79 Å². The average Bonchev–Trinajstić information content (AvgIpc) is 3.27. The molecule has 6 nitrogen and oxygen atoms in total. The highest BCUT2D eigenvalue weighted by atomic mass is 16.3. The number of hydrogen-bond donors (Lipinski definition) is 2. The first-order valence-corrected chi connectivity index (χ1v) is 9.70. The van der Waals surface area contributed by atoms with Gasteiger partial charge in [-0.25, -0.2) is 0 Å². The molecule has 2 amide bonds. The molecule has 154 valence electrons. The Morgan fingerprint density at radius 2 is 1.73 bits per heavy atom. The molecule has 3 rings (SSSR count). The summed E-state index contributed by atoms with van der Waals surface area (Å²) >= 11 is 0. The second-order valence-electron chi connectivity index (χ2n) is 6.91. The molecule has 6 heteroatoms. The number of carbonyl (C=O) groups is 2. The predicted octanol–water partition coefficient (Wildman–Crippen LogP) is 3.61. The lowest BCUT2D eigenvalue weighted by Gasteiger charge is -2.19. The summed E-state index contributed by atoms with van der Waals surface area (Å²) in [6.07, 6.45) is 3.03. The van der Waals surface area contributed by atoms with Crippen LogP contribution in [0, 0.1) is 6.92 Å². The molecule has 0 unspecified atom stereocenters. The smallest absolute Gasteiger partial charge is 0.268 e. The first kappa shape index (κ1) is 20.9. The number of carbonyl (C=O) groups excluding carboxylic acids is 2. The maximum absolute atomic E-state index is 12.8. The zero-order valence-corrected chi connectivity index (χ0v) is 17.1. The highest BCUT2D eigenvalue weighted by Gasteiger charge is 2.15. The summed E-state index contributed by atoms with van der Waals surface area (Å²) in [6.45, 7) is 2.99. The molecule has 2 N–H and O–H groups in total. The Bertz CT molecular complexity index is 994. The van der Waals surface area contributed by atoms with Gasteiger partial charge in [-0.1, -0.05) is 35.9 Å². The quantitative estimate of drug-likeness (QED) is 0.564. The maximum Gasteiger partial charge on any atom is 0.268 e. The highest BCUT2D eigenvalue weighted by molar-refractivity contribution is 6.05. The minimum atomic E-state index is -0.381. The van der Waals surface area contributed by atoms with Gasteiger partial charge in [-0.3, -0.25) is 9.59 Å². The normalized spacial score (nSPS) is 11.1. The summed E-state index contributed by atoms with van der Waals surface area (Å²) in [7, 11) is 1.96. The van der Waals surface area contributed by atoms with Gasteiger partial charge in [0.1, 0.15) is 11.5 Å². The van der Waals surface area contributed by atoms with E-state index in [1.165, 1.54) is 12.3 Å². The number of anilines is 1. The second kappa shape index (κ2) is 10.1. The van der Waals surface area contributed by atoms with Gasteiger partial charge in [0.25, 0.3) is 11.8 Å². The van der Waals surface area contributed by atoms with Crippen molar-refractivity contribution < 1.29 is 14.0 Å². The van der Waals surface area contributed by atoms with Crippen molar-refractivity contribution in [3.8, 4) is 0 Å². The molecule has 0 aliphatic heterocycles. The van der Waals surface area contributed by atoms with Crippen LogP contribution in [0.5, 0.6) is 0 Å². The Balaban J connectivity index is 1.65. The molecule has 2 aromatic carbocycles. The summed E-state index contributed by atoms with van der Waals surface area (Å²) in [6, 6.07) is 20.5. The molecule has 0 bridgehead atoms. The van der Waals surface area contributed by atoms with Crippen molar-refractivity contribution in [2.45, 2.75) is 6.92 Å². The van der Waals surface area contributed by atoms with Crippen LogP contribution in [-0.4, -0.2) is 32.0 Å². The molecule has 0 spiro atoms. The standard InChI is InChI=1S/C24H25N3O3/c1-18-10-12-19(13-11-18)23(28)26-22(17-21-9-6-16-30-21)24(29)25-14-15-27(2)20-7-4-3-5-8-20/h3-13,16-17H,14-15H2,1-2H3,(H,25,29)(H,26,28)/b22-17-. The molecule has 1 aromatic heterocycles. The van der Waals surface area contributed by atoms with E-state index < -0.39 is 0 Å². The number of furan rings is 1. The van der Waals surface area contributed by atoms with Crippen LogP contribution in [0.2, 0.25) is 0 Å². The number of hydrogen-bond acceptors (Lipinski definition) is 4. The number of nitrogens with one attached hydrogen (secondary N) is 2. The molecule has 0 saturated carbocycles. The summed E-state index contributed by atoms with van der Waals surface area (Å²) in [5.74, 6) is -0.261. The Labute approximate surface area is 176 Å². The van der Waals surface area contributed by atoms with Gasteiger partial charge >= 0.3 is 0 Å². The topological polar surface area (TPSA) is 74.6 Å². The molecule has 1 heterocycles. The van der Waals surface area contributed by atoms with Crippen LogP contribution < -0.4 is 15.5 Å². The van der Waals surface area contributed by atoms with E-state index in [0.29, 0.717) is 24.4 Å². The van der Waals surface area contributed by atoms with Gasteiger partial charge in [-0.15, -0.1) is 0 Å². The van der Waals surface area contributed by atoms with Crippen molar-refractivity contribution in [3.05, 3.63) is 95.6 Å². The largest absolute Gasteiger partial charge is 0.465 e. The fourth-order valence-corrected chi connectivity index (χ4v) is 2.82. The lowest BCUT2D eigenvalue weighted by Crippen LogP contribution is -2.38. The van der Waals surface area contributed by atoms with Gasteiger partial charge in [0.15, 0.2) is 0 Å². The van der Waals surface area contributed by atoms with Gasteiger partial charge in [-0.05, 0) is 43.3 Å². The molecule has 0 aliphatic rings. The van der Waals surface area contributed by atoms with E-state index in [9.17, 15) is 9.59 Å². The molecule has 0 aliphatic carbocycles. The lowest BCUT2D eigenvalue weighted by molar-refractivity contribution is -0.117. The number of aryl methyl sites for hydroxylation is 1. The molecule has 0 fully saturated rings. The third-order valence-corrected chi connectivity index (χ3v) is 4.57. The van der Waals surface area contributed by atoms with Gasteiger partial charge in [0, 0.05) is 37.5 Å². The van der Waals surface area contributed by atoms with Gasteiger partial charge in [0.2, 0.25) is 0 Å². The average molecular weight is 403 g/mol. The van der Waals surface area contributed by atoms with Crippen molar-refractivity contribution in [2.24, 2.45) is 0 Å². The Morgan fingerprint density at radius 1 is 1.00 bits per heavy atom. The van der Waals surface area contributed by atoms with Crippen molar-refractivity contribution in [2.75, 3.05) is 25.0 Å². The van der Waals surface area contributed by atoms with Crippen LogP contribution in [0.25, 0.3) is 6.08 Å². The van der Waals surface area contributed by atoms with Crippen LogP contribution in [0.15, 0.2) is 83.1 Å². The molecular formula is C24H25N3O3. The van der Waals surface area contributed by atoms with Crippen molar-refractivity contribution in [1.29, 1.82) is 0 Å². The summed E-state index contributed by atoms with van der Waals surface area (Å²) in [4.78, 5) is 27.4. The minimum Gasteiger partial charge on any atom is -0.465 e. The van der Waals surface area contributed by atoms with E-state index >= 15 is 0 Å². The highest BCUT2D eigenvalue weighted by Crippen LogP contribution is 2.11. The molecule has 3 aromatic rings. The molecule has 0 radical (unpaired) electrons.